The van der Waals surface area contributed by atoms with Gasteiger partial charge in [-0.3, -0.25) is 9.78 Å². The molecule has 0 aromatic carbocycles. The minimum atomic E-state index is -0.0515. The molecule has 0 unspecified atom stereocenters. The van der Waals surface area contributed by atoms with E-state index in [0.717, 1.165) is 0 Å². The van der Waals surface area contributed by atoms with Gasteiger partial charge in [-0.25, -0.2) is 0 Å². The molecule has 0 saturated carbocycles. The van der Waals surface area contributed by atoms with Crippen LogP contribution in [0.2, 0.25) is 0 Å². The molecule has 0 spiro atoms. The van der Waals surface area contributed by atoms with Crippen LogP contribution in [-0.2, 0) is 0 Å². The molecule has 0 radical (unpaired) electrons. The Labute approximate surface area is 81.4 Å². The number of rotatable bonds is 2. The molecule has 0 saturated heterocycles. The van der Waals surface area contributed by atoms with E-state index in [1.807, 2.05) is 0 Å². The van der Waals surface area contributed by atoms with Gasteiger partial charge in [0.15, 0.2) is 5.78 Å². The first-order valence-corrected chi connectivity index (χ1v) is 4.28. The van der Waals surface area contributed by atoms with Crippen LogP contribution in [0.25, 0.3) is 0 Å². The summed E-state index contributed by atoms with van der Waals surface area (Å²) in [5.74, 6) is 0.586. The van der Waals surface area contributed by atoms with Crippen molar-refractivity contribution in [3.05, 3.63) is 53.7 Å². The van der Waals surface area contributed by atoms with E-state index in [4.69, 9.17) is 4.42 Å². The molecule has 0 fully saturated rings. The first-order chi connectivity index (χ1) is 6.79. The molecule has 14 heavy (non-hydrogen) atoms. The van der Waals surface area contributed by atoms with E-state index in [0.29, 0.717) is 16.9 Å². The summed E-state index contributed by atoms with van der Waals surface area (Å²) in [7, 11) is 0. The number of furan rings is 1. The number of aryl methyl sites for hydroxylation is 1. The van der Waals surface area contributed by atoms with Crippen LogP contribution in [0.1, 0.15) is 21.7 Å². The number of hydrogen-bond donors (Lipinski definition) is 0. The highest BCUT2D eigenvalue weighted by Gasteiger charge is 2.13. The topological polar surface area (TPSA) is 43.1 Å². The van der Waals surface area contributed by atoms with E-state index in [1.54, 1.807) is 37.5 Å². The molecular formula is C11H9NO2. The van der Waals surface area contributed by atoms with Crippen LogP contribution in [0.5, 0.6) is 0 Å². The SMILES string of the molecule is Cc1occc1C(=O)c1cccnc1. The van der Waals surface area contributed by atoms with E-state index >= 15 is 0 Å². The van der Waals surface area contributed by atoms with Crippen molar-refractivity contribution in [2.75, 3.05) is 0 Å². The largest absolute Gasteiger partial charge is 0.469 e. The number of hydrogen-bond acceptors (Lipinski definition) is 3. The number of ketones is 1. The summed E-state index contributed by atoms with van der Waals surface area (Å²) in [5.41, 5.74) is 1.18. The summed E-state index contributed by atoms with van der Waals surface area (Å²) < 4.78 is 5.07. The van der Waals surface area contributed by atoms with Gasteiger partial charge >= 0.3 is 0 Å². The van der Waals surface area contributed by atoms with Crippen LogP contribution in [0.4, 0.5) is 0 Å². The van der Waals surface area contributed by atoms with Crippen molar-refractivity contribution in [3.63, 3.8) is 0 Å². The lowest BCUT2D eigenvalue weighted by Gasteiger charge is -1.97. The average Bonchev–Trinajstić information content (AvgIpc) is 2.65. The van der Waals surface area contributed by atoms with Crippen LogP contribution < -0.4 is 0 Å². The van der Waals surface area contributed by atoms with Gasteiger partial charge in [0.25, 0.3) is 0 Å². The number of pyridine rings is 1. The quantitative estimate of drug-likeness (QED) is 0.677. The molecule has 0 atom stereocenters. The summed E-state index contributed by atoms with van der Waals surface area (Å²) in [6.45, 7) is 1.77. The molecule has 0 aliphatic heterocycles. The fourth-order valence-electron chi connectivity index (χ4n) is 1.27. The van der Waals surface area contributed by atoms with Crippen LogP contribution >= 0.6 is 0 Å². The van der Waals surface area contributed by atoms with E-state index < -0.39 is 0 Å². The highest BCUT2D eigenvalue weighted by molar-refractivity contribution is 6.09. The van der Waals surface area contributed by atoms with Crippen LogP contribution in [-0.4, -0.2) is 10.8 Å². The van der Waals surface area contributed by atoms with Crippen molar-refractivity contribution in [1.29, 1.82) is 0 Å². The van der Waals surface area contributed by atoms with Crippen LogP contribution in [0.3, 0.4) is 0 Å². The Balaban J connectivity index is 2.39. The molecule has 2 aromatic rings. The molecule has 0 amide bonds. The van der Waals surface area contributed by atoms with Gasteiger partial charge in [0.1, 0.15) is 5.76 Å². The van der Waals surface area contributed by atoms with Gasteiger partial charge in [0.05, 0.1) is 11.8 Å². The first-order valence-electron chi connectivity index (χ1n) is 4.28. The maximum atomic E-state index is 11.8. The zero-order chi connectivity index (χ0) is 9.97. The predicted molar refractivity (Wildman–Crippen MR) is 51.1 cm³/mol. The third-order valence-corrected chi connectivity index (χ3v) is 2.03. The fourth-order valence-corrected chi connectivity index (χ4v) is 1.27. The second kappa shape index (κ2) is 3.46. The molecule has 2 heterocycles. The minimum Gasteiger partial charge on any atom is -0.469 e. The second-order valence-electron chi connectivity index (χ2n) is 2.96. The fraction of sp³-hybridized carbons (Fsp3) is 0.0909. The Kier molecular flexibility index (Phi) is 2.14. The van der Waals surface area contributed by atoms with Gasteiger partial charge in [-0.05, 0) is 25.1 Å². The summed E-state index contributed by atoms with van der Waals surface area (Å²) in [6.07, 6.45) is 4.70. The van der Waals surface area contributed by atoms with Crippen LogP contribution in [0.15, 0.2) is 41.3 Å². The second-order valence-corrected chi connectivity index (χ2v) is 2.96. The van der Waals surface area contributed by atoms with E-state index in [1.165, 1.54) is 6.26 Å². The average molecular weight is 187 g/mol. The summed E-state index contributed by atoms with van der Waals surface area (Å²) in [6, 6.07) is 5.15. The van der Waals surface area contributed by atoms with Crippen molar-refractivity contribution in [1.82, 2.24) is 4.98 Å². The Morgan fingerprint density at radius 2 is 2.29 bits per heavy atom. The summed E-state index contributed by atoms with van der Waals surface area (Å²) in [4.78, 5) is 15.7. The minimum absolute atomic E-state index is 0.0515. The zero-order valence-electron chi connectivity index (χ0n) is 7.73. The number of carbonyl (C=O) groups excluding carboxylic acids is 1. The monoisotopic (exact) mass is 187 g/mol. The van der Waals surface area contributed by atoms with Gasteiger partial charge in [0, 0.05) is 18.0 Å². The van der Waals surface area contributed by atoms with Crippen molar-refractivity contribution in [2.24, 2.45) is 0 Å². The normalized spacial score (nSPS) is 10.1. The molecule has 0 aliphatic rings. The molecule has 0 aliphatic carbocycles. The number of carbonyl (C=O) groups is 1. The van der Waals surface area contributed by atoms with Gasteiger partial charge in [0.2, 0.25) is 0 Å². The van der Waals surface area contributed by atoms with E-state index in [2.05, 4.69) is 4.98 Å². The molecule has 2 aromatic heterocycles. The van der Waals surface area contributed by atoms with Gasteiger partial charge < -0.3 is 4.42 Å². The van der Waals surface area contributed by atoms with Gasteiger partial charge in [-0.2, -0.15) is 0 Å². The van der Waals surface area contributed by atoms with Crippen molar-refractivity contribution in [2.45, 2.75) is 6.92 Å². The molecular weight excluding hydrogens is 178 g/mol. The third kappa shape index (κ3) is 1.44. The summed E-state index contributed by atoms with van der Waals surface area (Å²) >= 11 is 0. The smallest absolute Gasteiger partial charge is 0.198 e. The van der Waals surface area contributed by atoms with Gasteiger partial charge in [-0.15, -0.1) is 0 Å². The Hall–Kier alpha value is -1.90. The predicted octanol–water partition coefficient (Wildman–Crippen LogP) is 2.21. The van der Waals surface area contributed by atoms with E-state index in [-0.39, 0.29) is 5.78 Å². The maximum absolute atomic E-state index is 11.8. The van der Waals surface area contributed by atoms with Crippen LogP contribution in [0, 0.1) is 6.92 Å². The summed E-state index contributed by atoms with van der Waals surface area (Å²) in [5, 5.41) is 0. The van der Waals surface area contributed by atoms with Crippen molar-refractivity contribution in [3.8, 4) is 0 Å². The number of nitrogens with zero attached hydrogens (tertiary/aromatic N) is 1. The molecule has 0 bridgehead atoms. The Bertz CT molecular complexity index is 445. The molecule has 3 heteroatoms. The number of aromatic nitrogens is 1. The first kappa shape index (κ1) is 8.69. The maximum Gasteiger partial charge on any atom is 0.198 e. The highest BCUT2D eigenvalue weighted by Crippen LogP contribution is 2.13. The zero-order valence-corrected chi connectivity index (χ0v) is 7.73. The molecule has 0 N–H and O–H groups in total. The Morgan fingerprint density at radius 3 is 2.86 bits per heavy atom. The lowest BCUT2D eigenvalue weighted by atomic mass is 10.1. The lowest BCUT2D eigenvalue weighted by molar-refractivity contribution is 0.103. The Morgan fingerprint density at radius 1 is 1.43 bits per heavy atom. The molecule has 3 nitrogen and oxygen atoms in total. The highest BCUT2D eigenvalue weighted by atomic mass is 16.3. The van der Waals surface area contributed by atoms with Crippen molar-refractivity contribution >= 4 is 5.78 Å². The lowest BCUT2D eigenvalue weighted by Crippen LogP contribution is -2.01. The molecule has 2 rings (SSSR count). The van der Waals surface area contributed by atoms with Crippen molar-refractivity contribution < 1.29 is 9.21 Å². The van der Waals surface area contributed by atoms with E-state index in [9.17, 15) is 4.79 Å². The standard InChI is InChI=1S/C11H9NO2/c1-8-10(4-6-14-8)11(13)9-3-2-5-12-7-9/h2-7H,1H3. The van der Waals surface area contributed by atoms with Gasteiger partial charge in [-0.1, -0.05) is 0 Å². The molecule has 70 valence electrons. The third-order valence-electron chi connectivity index (χ3n) is 2.03.